The van der Waals surface area contributed by atoms with Crippen LogP contribution in [0.4, 0.5) is 5.69 Å². The first-order chi connectivity index (χ1) is 9.70. The van der Waals surface area contributed by atoms with E-state index < -0.39 is 0 Å². The molecule has 4 heteroatoms. The lowest BCUT2D eigenvalue weighted by molar-refractivity contribution is 0.102. The van der Waals surface area contributed by atoms with Crippen LogP contribution in [0.1, 0.15) is 23.7 Å². The number of carbonyl (C=O) groups excluding carboxylic acids is 1. The van der Waals surface area contributed by atoms with Gasteiger partial charge < -0.3 is 5.32 Å². The van der Waals surface area contributed by atoms with Crippen LogP contribution in [0, 0.1) is 0 Å². The fourth-order valence-corrected chi connectivity index (χ4v) is 3.07. The minimum atomic E-state index is -0.0673. The summed E-state index contributed by atoms with van der Waals surface area (Å²) in [6.45, 7) is 2.14. The number of benzene rings is 2. The van der Waals surface area contributed by atoms with E-state index in [0.717, 1.165) is 32.8 Å². The molecule has 0 aliphatic heterocycles. The highest BCUT2D eigenvalue weighted by Gasteiger charge is 2.11. The van der Waals surface area contributed by atoms with Crippen molar-refractivity contribution in [1.29, 1.82) is 0 Å². The number of anilines is 1. The van der Waals surface area contributed by atoms with E-state index in [1.165, 1.54) is 0 Å². The summed E-state index contributed by atoms with van der Waals surface area (Å²) in [5, 5.41) is 2.93. The third kappa shape index (κ3) is 4.12. The number of thioether (sulfide) groups is 1. The van der Waals surface area contributed by atoms with Crippen molar-refractivity contribution in [3.05, 3.63) is 58.6 Å². The maximum absolute atomic E-state index is 12.4. The fraction of sp³-hybridized carbons (Fsp3) is 0.188. The number of rotatable bonds is 5. The molecule has 0 spiro atoms. The van der Waals surface area contributed by atoms with Gasteiger partial charge >= 0.3 is 0 Å². The zero-order valence-corrected chi connectivity index (χ0v) is 13.6. The van der Waals surface area contributed by atoms with Crippen LogP contribution in [0.25, 0.3) is 0 Å². The molecule has 104 valence electrons. The molecule has 0 saturated heterocycles. The zero-order chi connectivity index (χ0) is 14.4. The molecule has 0 saturated carbocycles. The Labute approximate surface area is 132 Å². The lowest BCUT2D eigenvalue weighted by Crippen LogP contribution is -2.12. The topological polar surface area (TPSA) is 29.1 Å². The number of amides is 1. The SMILES string of the molecule is CCCSc1ccccc1C(=O)Nc1cccc(Br)c1. The van der Waals surface area contributed by atoms with Crippen molar-refractivity contribution in [2.45, 2.75) is 18.2 Å². The molecule has 0 bridgehead atoms. The van der Waals surface area contributed by atoms with Crippen molar-refractivity contribution in [3.8, 4) is 0 Å². The van der Waals surface area contributed by atoms with Gasteiger partial charge in [-0.15, -0.1) is 11.8 Å². The molecule has 20 heavy (non-hydrogen) atoms. The van der Waals surface area contributed by atoms with Crippen LogP contribution in [-0.2, 0) is 0 Å². The normalized spacial score (nSPS) is 10.3. The smallest absolute Gasteiger partial charge is 0.256 e. The standard InChI is InChI=1S/C16H16BrNOS/c1-2-10-20-15-9-4-3-8-14(15)16(19)18-13-7-5-6-12(17)11-13/h3-9,11H,2,10H2,1H3,(H,18,19). The summed E-state index contributed by atoms with van der Waals surface area (Å²) in [5.74, 6) is 0.948. The molecule has 0 unspecified atom stereocenters. The van der Waals surface area contributed by atoms with Crippen LogP contribution < -0.4 is 5.32 Å². The van der Waals surface area contributed by atoms with E-state index in [1.807, 2.05) is 48.5 Å². The molecule has 0 radical (unpaired) electrons. The number of hydrogen-bond acceptors (Lipinski definition) is 2. The van der Waals surface area contributed by atoms with Gasteiger partial charge in [-0.1, -0.05) is 41.1 Å². The first-order valence-corrected chi connectivity index (χ1v) is 8.27. The lowest BCUT2D eigenvalue weighted by atomic mass is 10.2. The average molecular weight is 350 g/mol. The van der Waals surface area contributed by atoms with Crippen molar-refractivity contribution in [2.75, 3.05) is 11.1 Å². The van der Waals surface area contributed by atoms with Gasteiger partial charge in [0.15, 0.2) is 0 Å². The molecule has 0 atom stereocenters. The molecule has 1 amide bonds. The van der Waals surface area contributed by atoms with E-state index in [4.69, 9.17) is 0 Å². The highest BCUT2D eigenvalue weighted by molar-refractivity contribution is 9.10. The summed E-state index contributed by atoms with van der Waals surface area (Å²) < 4.78 is 0.948. The van der Waals surface area contributed by atoms with Crippen LogP contribution in [0.15, 0.2) is 57.9 Å². The van der Waals surface area contributed by atoms with Crippen molar-refractivity contribution < 1.29 is 4.79 Å². The van der Waals surface area contributed by atoms with E-state index in [9.17, 15) is 4.79 Å². The molecule has 1 N–H and O–H groups in total. The van der Waals surface area contributed by atoms with Gasteiger partial charge in [-0.2, -0.15) is 0 Å². The van der Waals surface area contributed by atoms with Gasteiger partial charge in [-0.3, -0.25) is 4.79 Å². The zero-order valence-electron chi connectivity index (χ0n) is 11.2. The molecule has 2 aromatic carbocycles. The van der Waals surface area contributed by atoms with Crippen molar-refractivity contribution in [3.63, 3.8) is 0 Å². The molecule has 0 aliphatic carbocycles. The Morgan fingerprint density at radius 3 is 2.75 bits per heavy atom. The number of halogens is 1. The number of hydrogen-bond donors (Lipinski definition) is 1. The first kappa shape index (κ1) is 15.1. The largest absolute Gasteiger partial charge is 0.322 e. The molecule has 0 aliphatic rings. The quantitative estimate of drug-likeness (QED) is 0.751. The monoisotopic (exact) mass is 349 g/mol. The van der Waals surface area contributed by atoms with E-state index in [-0.39, 0.29) is 5.91 Å². The van der Waals surface area contributed by atoms with Gasteiger partial charge in [-0.05, 0) is 42.5 Å². The van der Waals surface area contributed by atoms with E-state index in [2.05, 4.69) is 28.2 Å². The second kappa shape index (κ2) is 7.50. The van der Waals surface area contributed by atoms with E-state index in [0.29, 0.717) is 0 Å². The lowest BCUT2D eigenvalue weighted by Gasteiger charge is -2.09. The number of carbonyl (C=O) groups is 1. The molecule has 2 aromatic rings. The van der Waals surface area contributed by atoms with Crippen LogP contribution >= 0.6 is 27.7 Å². The Bertz CT molecular complexity index is 601. The summed E-state index contributed by atoms with van der Waals surface area (Å²) in [4.78, 5) is 13.4. The molecule has 2 nitrogen and oxygen atoms in total. The summed E-state index contributed by atoms with van der Waals surface area (Å²) in [7, 11) is 0. The van der Waals surface area contributed by atoms with Crippen LogP contribution in [-0.4, -0.2) is 11.7 Å². The first-order valence-electron chi connectivity index (χ1n) is 6.49. The predicted molar refractivity (Wildman–Crippen MR) is 89.6 cm³/mol. The fourth-order valence-electron chi connectivity index (χ4n) is 1.76. The molecular formula is C16H16BrNOS. The Balaban J connectivity index is 2.16. The van der Waals surface area contributed by atoms with Gasteiger partial charge in [0.1, 0.15) is 0 Å². The Kier molecular flexibility index (Phi) is 5.68. The highest BCUT2D eigenvalue weighted by atomic mass is 79.9. The summed E-state index contributed by atoms with van der Waals surface area (Å²) >= 11 is 5.12. The third-order valence-electron chi connectivity index (χ3n) is 2.68. The van der Waals surface area contributed by atoms with E-state index in [1.54, 1.807) is 11.8 Å². The Morgan fingerprint density at radius 1 is 1.20 bits per heavy atom. The Morgan fingerprint density at radius 2 is 2.00 bits per heavy atom. The van der Waals surface area contributed by atoms with Crippen molar-refractivity contribution >= 4 is 39.3 Å². The Hall–Kier alpha value is -1.26. The van der Waals surface area contributed by atoms with Gasteiger partial charge in [0.2, 0.25) is 0 Å². The maximum atomic E-state index is 12.4. The summed E-state index contributed by atoms with van der Waals surface area (Å²) in [6, 6.07) is 15.3. The van der Waals surface area contributed by atoms with Crippen LogP contribution in [0.5, 0.6) is 0 Å². The highest BCUT2D eigenvalue weighted by Crippen LogP contribution is 2.24. The van der Waals surface area contributed by atoms with Crippen molar-refractivity contribution in [2.24, 2.45) is 0 Å². The average Bonchev–Trinajstić information content (AvgIpc) is 2.45. The van der Waals surface area contributed by atoms with Gasteiger partial charge in [0, 0.05) is 15.1 Å². The molecule has 0 fully saturated rings. The van der Waals surface area contributed by atoms with Crippen LogP contribution in [0.3, 0.4) is 0 Å². The third-order valence-corrected chi connectivity index (χ3v) is 4.45. The maximum Gasteiger partial charge on any atom is 0.256 e. The van der Waals surface area contributed by atoms with Crippen molar-refractivity contribution in [1.82, 2.24) is 0 Å². The predicted octanol–water partition coefficient (Wildman–Crippen LogP) is 5.20. The minimum Gasteiger partial charge on any atom is -0.322 e. The van der Waals surface area contributed by atoms with E-state index >= 15 is 0 Å². The minimum absolute atomic E-state index is 0.0673. The van der Waals surface area contributed by atoms with Gasteiger partial charge in [-0.25, -0.2) is 0 Å². The van der Waals surface area contributed by atoms with Gasteiger partial charge in [0.25, 0.3) is 5.91 Å². The second-order valence-corrected chi connectivity index (χ2v) is 6.36. The number of nitrogens with one attached hydrogen (secondary N) is 1. The van der Waals surface area contributed by atoms with Crippen LogP contribution in [0.2, 0.25) is 0 Å². The second-order valence-electron chi connectivity index (χ2n) is 4.31. The molecule has 2 rings (SSSR count). The molecular weight excluding hydrogens is 334 g/mol. The summed E-state index contributed by atoms with van der Waals surface area (Å²) in [5.41, 5.74) is 1.52. The molecule has 0 aromatic heterocycles. The molecule has 0 heterocycles. The van der Waals surface area contributed by atoms with Gasteiger partial charge in [0.05, 0.1) is 5.56 Å². The summed E-state index contributed by atoms with van der Waals surface area (Å²) in [6.07, 6.45) is 1.09.